The highest BCUT2D eigenvalue weighted by molar-refractivity contribution is 5.79. The van der Waals surface area contributed by atoms with Crippen LogP contribution in [0.25, 0.3) is 0 Å². The number of benzene rings is 1. The molecule has 0 amide bonds. The summed E-state index contributed by atoms with van der Waals surface area (Å²) in [5.41, 5.74) is 2.59. The quantitative estimate of drug-likeness (QED) is 0.439. The van der Waals surface area contributed by atoms with Crippen molar-refractivity contribution < 1.29 is 18.7 Å². The number of fused-ring (bicyclic) bond motifs is 1. The molecule has 1 aliphatic carbocycles. The van der Waals surface area contributed by atoms with Crippen molar-refractivity contribution in [2.24, 2.45) is 5.41 Å². The van der Waals surface area contributed by atoms with E-state index in [-0.39, 0.29) is 28.7 Å². The summed E-state index contributed by atoms with van der Waals surface area (Å²) in [6.45, 7) is 7.70. The molecule has 1 N–H and O–H groups in total. The summed E-state index contributed by atoms with van der Waals surface area (Å²) in [6.07, 6.45) is 6.80. The monoisotopic (exact) mass is 549 g/mol. The van der Waals surface area contributed by atoms with Gasteiger partial charge in [0.05, 0.1) is 5.56 Å². The molecule has 0 bridgehead atoms. The van der Waals surface area contributed by atoms with Crippen LogP contribution in [0.15, 0.2) is 36.8 Å². The van der Waals surface area contributed by atoms with Crippen molar-refractivity contribution >= 4 is 12.1 Å². The van der Waals surface area contributed by atoms with E-state index in [4.69, 9.17) is 9.47 Å². The minimum Gasteiger partial charge on any atom is -0.490 e. The van der Waals surface area contributed by atoms with Gasteiger partial charge < -0.3 is 24.6 Å². The van der Waals surface area contributed by atoms with Crippen LogP contribution in [0.1, 0.15) is 48.3 Å². The Morgan fingerprint density at radius 3 is 2.67 bits per heavy atom. The Morgan fingerprint density at radius 1 is 1.18 bits per heavy atom. The predicted molar refractivity (Wildman–Crippen MR) is 148 cm³/mol. The molecule has 3 aliphatic rings. The van der Waals surface area contributed by atoms with Gasteiger partial charge in [-0.1, -0.05) is 0 Å². The number of nitrogens with zero attached hydrogens (tertiary/aromatic N) is 6. The SMILES string of the molecule is CC(C)N(C)C.O=Cc1cc(F)ccc1Oc1nncnc1N1CC2(CC(Oc3ccnc4c3CNCC4)C2)C1. The number of aromatic nitrogens is 4. The van der Waals surface area contributed by atoms with Crippen LogP contribution in [-0.2, 0) is 13.0 Å². The zero-order valence-electron chi connectivity index (χ0n) is 23.4. The number of ether oxygens (including phenoxy) is 2. The molecule has 1 saturated carbocycles. The minimum atomic E-state index is -0.512. The van der Waals surface area contributed by atoms with Gasteiger partial charge >= 0.3 is 0 Å². The van der Waals surface area contributed by atoms with Gasteiger partial charge in [0.25, 0.3) is 5.88 Å². The fraction of sp³-hybridized carbons (Fsp3) is 0.483. The van der Waals surface area contributed by atoms with Crippen LogP contribution < -0.4 is 19.7 Å². The van der Waals surface area contributed by atoms with Gasteiger partial charge in [0.1, 0.15) is 29.7 Å². The maximum Gasteiger partial charge on any atom is 0.282 e. The Balaban J connectivity index is 0.000000487. The molecular formula is C29H36FN7O3. The van der Waals surface area contributed by atoms with Gasteiger partial charge in [-0.2, -0.15) is 0 Å². The largest absolute Gasteiger partial charge is 0.490 e. The number of carbonyl (C=O) groups is 1. The first-order valence-electron chi connectivity index (χ1n) is 13.6. The summed E-state index contributed by atoms with van der Waals surface area (Å²) in [7, 11) is 4.15. The second-order valence-electron chi connectivity index (χ2n) is 11.2. The molecule has 11 heteroatoms. The summed E-state index contributed by atoms with van der Waals surface area (Å²) < 4.78 is 25.6. The average molecular weight is 550 g/mol. The molecule has 2 aromatic heterocycles. The highest BCUT2D eigenvalue weighted by Gasteiger charge is 2.54. The summed E-state index contributed by atoms with van der Waals surface area (Å²) in [5.74, 6) is 1.38. The topological polar surface area (TPSA) is 106 Å². The predicted octanol–water partition coefficient (Wildman–Crippen LogP) is 3.66. The molecule has 0 atom stereocenters. The first-order chi connectivity index (χ1) is 19.3. The van der Waals surface area contributed by atoms with Crippen LogP contribution in [-0.4, -0.2) is 77.2 Å². The Hall–Kier alpha value is -3.70. The molecule has 2 fully saturated rings. The first-order valence-corrected chi connectivity index (χ1v) is 13.6. The Morgan fingerprint density at radius 2 is 1.95 bits per heavy atom. The van der Waals surface area contributed by atoms with Crippen LogP contribution >= 0.6 is 0 Å². The second kappa shape index (κ2) is 11.8. The standard InChI is InChI=1S/C24H23FN6O3.C5H13N/c25-16-1-2-20(15(7-16)11-32)34-23-22(28-14-29-30-23)31-12-24(13-31)8-17(9-24)33-21-4-6-27-19-3-5-26-10-18(19)21;1-5(2)6(3)4/h1-2,4,6-7,11,14,17,26H,3,5,8-10,12-13H2;5H,1-4H3. The molecule has 1 saturated heterocycles. The Bertz CT molecular complexity index is 1330. The third kappa shape index (κ3) is 6.05. The average Bonchev–Trinajstić information content (AvgIpc) is 2.91. The number of aldehydes is 1. The molecule has 1 aromatic carbocycles. The van der Waals surface area contributed by atoms with Crippen LogP contribution in [0.3, 0.4) is 0 Å². The number of carbonyl (C=O) groups excluding carboxylic acids is 1. The van der Waals surface area contributed by atoms with E-state index in [0.717, 1.165) is 63.0 Å². The second-order valence-corrected chi connectivity index (χ2v) is 11.2. The minimum absolute atomic E-state index is 0.101. The van der Waals surface area contributed by atoms with Crippen LogP contribution in [0.4, 0.5) is 10.2 Å². The Labute approximate surface area is 233 Å². The molecule has 4 heterocycles. The molecule has 1 spiro atoms. The summed E-state index contributed by atoms with van der Waals surface area (Å²) in [6, 6.07) is 6.40. The summed E-state index contributed by atoms with van der Waals surface area (Å²) >= 11 is 0. The van der Waals surface area contributed by atoms with E-state index < -0.39 is 5.82 Å². The van der Waals surface area contributed by atoms with E-state index in [9.17, 15) is 9.18 Å². The van der Waals surface area contributed by atoms with E-state index in [0.29, 0.717) is 18.1 Å². The van der Waals surface area contributed by atoms with Crippen molar-refractivity contribution in [1.29, 1.82) is 0 Å². The van der Waals surface area contributed by atoms with Gasteiger partial charge in [0, 0.05) is 61.5 Å². The fourth-order valence-electron chi connectivity index (χ4n) is 5.14. The van der Waals surface area contributed by atoms with E-state index >= 15 is 0 Å². The van der Waals surface area contributed by atoms with Gasteiger partial charge in [-0.15, -0.1) is 10.2 Å². The maximum absolute atomic E-state index is 13.4. The molecule has 0 unspecified atom stereocenters. The number of nitrogens with one attached hydrogen (secondary N) is 1. The van der Waals surface area contributed by atoms with Crippen LogP contribution in [0.5, 0.6) is 17.4 Å². The van der Waals surface area contributed by atoms with E-state index in [1.165, 1.54) is 24.0 Å². The smallest absolute Gasteiger partial charge is 0.282 e. The molecule has 40 heavy (non-hydrogen) atoms. The van der Waals surface area contributed by atoms with E-state index in [2.05, 4.69) is 63.2 Å². The van der Waals surface area contributed by atoms with Crippen LogP contribution in [0.2, 0.25) is 0 Å². The van der Waals surface area contributed by atoms with Crippen molar-refractivity contribution in [3.05, 3.63) is 59.4 Å². The van der Waals surface area contributed by atoms with Gasteiger partial charge in [-0.3, -0.25) is 9.78 Å². The molecule has 2 aliphatic heterocycles. The molecule has 3 aromatic rings. The van der Waals surface area contributed by atoms with Gasteiger partial charge in [0.15, 0.2) is 12.1 Å². The number of hydrogen-bond acceptors (Lipinski definition) is 10. The lowest BCUT2D eigenvalue weighted by Crippen LogP contribution is -2.65. The van der Waals surface area contributed by atoms with Crippen LogP contribution in [0, 0.1) is 11.2 Å². The van der Waals surface area contributed by atoms with Gasteiger partial charge in [-0.05, 0) is 65.0 Å². The maximum atomic E-state index is 13.4. The number of pyridine rings is 1. The normalized spacial score (nSPS) is 17.4. The highest BCUT2D eigenvalue weighted by atomic mass is 19.1. The fourth-order valence-corrected chi connectivity index (χ4v) is 5.14. The third-order valence-corrected chi connectivity index (χ3v) is 7.82. The zero-order valence-corrected chi connectivity index (χ0v) is 23.4. The van der Waals surface area contributed by atoms with E-state index in [1.807, 2.05) is 12.3 Å². The third-order valence-electron chi connectivity index (χ3n) is 7.82. The number of halogens is 1. The molecule has 212 valence electrons. The summed E-state index contributed by atoms with van der Waals surface area (Å²) in [5, 5.41) is 11.3. The highest BCUT2D eigenvalue weighted by Crippen LogP contribution is 2.51. The van der Waals surface area contributed by atoms with Crippen molar-refractivity contribution in [3.63, 3.8) is 0 Å². The number of hydrogen-bond donors (Lipinski definition) is 1. The molecule has 6 rings (SSSR count). The van der Waals surface area contributed by atoms with Gasteiger partial charge in [-0.25, -0.2) is 9.37 Å². The van der Waals surface area contributed by atoms with Crippen molar-refractivity contribution in [3.8, 4) is 17.4 Å². The Kier molecular flexibility index (Phi) is 8.22. The van der Waals surface area contributed by atoms with Crippen molar-refractivity contribution in [1.82, 2.24) is 30.4 Å². The number of rotatable bonds is 7. The lowest BCUT2D eigenvalue weighted by Gasteiger charge is -2.58. The summed E-state index contributed by atoms with van der Waals surface area (Å²) in [4.78, 5) is 24.4. The van der Waals surface area contributed by atoms with Crippen molar-refractivity contribution in [2.45, 2.75) is 51.8 Å². The zero-order chi connectivity index (χ0) is 28.3. The first kappa shape index (κ1) is 27.9. The lowest BCUT2D eigenvalue weighted by atomic mass is 9.61. The van der Waals surface area contributed by atoms with E-state index in [1.54, 1.807) is 0 Å². The molecule has 0 radical (unpaired) electrons. The molecule has 10 nitrogen and oxygen atoms in total. The lowest BCUT2D eigenvalue weighted by molar-refractivity contribution is -0.0350. The number of anilines is 1. The van der Waals surface area contributed by atoms with Gasteiger partial charge in [0.2, 0.25) is 0 Å². The molecular weight excluding hydrogens is 513 g/mol. The van der Waals surface area contributed by atoms with Crippen molar-refractivity contribution in [2.75, 3.05) is 38.6 Å².